The number of amides is 2. The van der Waals surface area contributed by atoms with Crippen molar-refractivity contribution in [2.75, 3.05) is 10.7 Å². The van der Waals surface area contributed by atoms with E-state index < -0.39 is 11.8 Å². The molecule has 8 nitrogen and oxygen atoms in total. The van der Waals surface area contributed by atoms with Gasteiger partial charge in [-0.2, -0.15) is 0 Å². The molecule has 0 spiro atoms. The molecule has 2 rings (SSSR count). The molecular weight excluding hydrogens is 224 g/mol. The molecule has 0 unspecified atom stereocenters. The van der Waals surface area contributed by atoms with Gasteiger partial charge in [0.2, 0.25) is 0 Å². The number of nitrogens with zero attached hydrogens (tertiary/aromatic N) is 4. The van der Waals surface area contributed by atoms with Crippen LogP contribution in [0.2, 0.25) is 0 Å². The number of hydrogen-bond acceptors (Lipinski definition) is 5. The van der Waals surface area contributed by atoms with Crippen molar-refractivity contribution in [2.45, 2.75) is 0 Å². The van der Waals surface area contributed by atoms with Gasteiger partial charge in [0.1, 0.15) is 18.5 Å². The maximum atomic E-state index is 11.4. The highest BCUT2D eigenvalue weighted by Crippen LogP contribution is 1.99. The van der Waals surface area contributed by atoms with Crippen LogP contribution in [0.25, 0.3) is 0 Å². The first-order chi connectivity index (χ1) is 8.25. The second kappa shape index (κ2) is 4.84. The van der Waals surface area contributed by atoms with Crippen LogP contribution >= 0.6 is 0 Å². The van der Waals surface area contributed by atoms with Crippen LogP contribution < -0.4 is 10.7 Å². The van der Waals surface area contributed by atoms with Gasteiger partial charge in [-0.3, -0.25) is 15.0 Å². The third-order valence-electron chi connectivity index (χ3n) is 1.76. The molecule has 8 heteroatoms. The number of aromatic nitrogens is 4. The Hall–Kier alpha value is -2.77. The highest BCUT2D eigenvalue weighted by atomic mass is 16.2. The predicted molar refractivity (Wildman–Crippen MR) is 57.3 cm³/mol. The van der Waals surface area contributed by atoms with E-state index in [1.54, 1.807) is 18.2 Å². The normalized spacial score (nSPS) is 9.65. The molecule has 2 aromatic heterocycles. The average Bonchev–Trinajstić information content (AvgIpc) is 2.83. The summed E-state index contributed by atoms with van der Waals surface area (Å²) in [5.41, 5.74) is 2.25. The van der Waals surface area contributed by atoms with Crippen LogP contribution in [0.15, 0.2) is 37.1 Å². The van der Waals surface area contributed by atoms with E-state index in [0.717, 1.165) is 0 Å². The quantitative estimate of drug-likeness (QED) is 0.672. The maximum absolute atomic E-state index is 11.4. The minimum atomic E-state index is -0.838. The maximum Gasteiger partial charge on any atom is 0.328 e. The van der Waals surface area contributed by atoms with E-state index >= 15 is 0 Å². The van der Waals surface area contributed by atoms with Gasteiger partial charge in [-0.25, -0.2) is 9.66 Å². The molecule has 2 heterocycles. The zero-order chi connectivity index (χ0) is 12.1. The van der Waals surface area contributed by atoms with Crippen LogP contribution in [0.4, 0.5) is 5.82 Å². The lowest BCUT2D eigenvalue weighted by Gasteiger charge is -2.04. The molecule has 0 radical (unpaired) electrons. The van der Waals surface area contributed by atoms with E-state index in [1.165, 1.54) is 23.5 Å². The molecule has 0 fully saturated rings. The van der Waals surface area contributed by atoms with Crippen molar-refractivity contribution in [2.24, 2.45) is 0 Å². The van der Waals surface area contributed by atoms with Crippen LogP contribution in [0, 0.1) is 0 Å². The second-order valence-corrected chi connectivity index (χ2v) is 2.98. The summed E-state index contributed by atoms with van der Waals surface area (Å²) in [6, 6.07) is 4.97. The Balaban J connectivity index is 1.94. The summed E-state index contributed by atoms with van der Waals surface area (Å²) in [5, 5.41) is 9.28. The van der Waals surface area contributed by atoms with Gasteiger partial charge in [0.25, 0.3) is 0 Å². The van der Waals surface area contributed by atoms with E-state index in [4.69, 9.17) is 0 Å². The van der Waals surface area contributed by atoms with Crippen LogP contribution in [0.5, 0.6) is 0 Å². The van der Waals surface area contributed by atoms with Gasteiger partial charge in [0, 0.05) is 6.20 Å². The summed E-state index contributed by atoms with van der Waals surface area (Å²) in [6.07, 6.45) is 4.02. The fourth-order valence-electron chi connectivity index (χ4n) is 1.04. The molecule has 0 bridgehead atoms. The molecule has 86 valence electrons. The van der Waals surface area contributed by atoms with Crippen LogP contribution in [0.1, 0.15) is 0 Å². The molecule has 0 aromatic carbocycles. The summed E-state index contributed by atoms with van der Waals surface area (Å²) in [4.78, 5) is 26.7. The summed E-state index contributed by atoms with van der Waals surface area (Å²) < 4.78 is 1.17. The van der Waals surface area contributed by atoms with Crippen molar-refractivity contribution in [1.29, 1.82) is 0 Å². The average molecular weight is 232 g/mol. The summed E-state index contributed by atoms with van der Waals surface area (Å²) in [7, 11) is 0. The molecule has 17 heavy (non-hydrogen) atoms. The Morgan fingerprint density at radius 2 is 1.88 bits per heavy atom. The minimum Gasteiger partial charge on any atom is -0.302 e. The largest absolute Gasteiger partial charge is 0.328 e. The van der Waals surface area contributed by atoms with Crippen molar-refractivity contribution >= 4 is 17.6 Å². The Morgan fingerprint density at radius 3 is 2.53 bits per heavy atom. The van der Waals surface area contributed by atoms with E-state index in [0.29, 0.717) is 5.82 Å². The van der Waals surface area contributed by atoms with Crippen molar-refractivity contribution in [3.8, 4) is 0 Å². The fourth-order valence-corrected chi connectivity index (χ4v) is 1.04. The number of hydrogen-bond donors (Lipinski definition) is 2. The molecule has 2 aromatic rings. The van der Waals surface area contributed by atoms with E-state index in [2.05, 4.69) is 25.9 Å². The molecule has 2 N–H and O–H groups in total. The third kappa shape index (κ3) is 2.84. The Bertz CT molecular complexity index is 510. The number of rotatable bonds is 2. The topological polar surface area (TPSA) is 102 Å². The van der Waals surface area contributed by atoms with Gasteiger partial charge < -0.3 is 5.32 Å². The first-order valence-corrected chi connectivity index (χ1v) is 4.64. The zero-order valence-corrected chi connectivity index (χ0v) is 8.57. The highest BCUT2D eigenvalue weighted by Gasteiger charge is 2.14. The van der Waals surface area contributed by atoms with Crippen LogP contribution in [-0.2, 0) is 9.59 Å². The number of pyridine rings is 1. The molecule has 0 aliphatic rings. The number of anilines is 1. The Kier molecular flexibility index (Phi) is 3.05. The first kappa shape index (κ1) is 10.7. The monoisotopic (exact) mass is 232 g/mol. The predicted octanol–water partition coefficient (Wildman–Crippen LogP) is -0.618. The lowest BCUT2D eigenvalue weighted by atomic mass is 10.4. The minimum absolute atomic E-state index is 0.302. The molecule has 0 saturated heterocycles. The standard InChI is InChI=1S/C9H8N6O2/c16-8(13-7-3-1-2-4-10-7)9(17)14-15-5-11-12-6-15/h1-6H,(H,14,17)(H,10,13,16). The molecule has 2 amide bonds. The molecule has 0 saturated carbocycles. The van der Waals surface area contributed by atoms with Crippen molar-refractivity contribution in [1.82, 2.24) is 19.9 Å². The van der Waals surface area contributed by atoms with Crippen molar-refractivity contribution in [3.63, 3.8) is 0 Å². The first-order valence-electron chi connectivity index (χ1n) is 4.64. The third-order valence-corrected chi connectivity index (χ3v) is 1.76. The highest BCUT2D eigenvalue weighted by molar-refractivity contribution is 6.42. The summed E-state index contributed by atoms with van der Waals surface area (Å²) in [5.74, 6) is -1.36. The Labute approximate surface area is 95.7 Å². The lowest BCUT2D eigenvalue weighted by molar-refractivity contribution is -0.133. The van der Waals surface area contributed by atoms with E-state index in [9.17, 15) is 9.59 Å². The summed E-state index contributed by atoms with van der Waals surface area (Å²) in [6.45, 7) is 0. The Morgan fingerprint density at radius 1 is 1.12 bits per heavy atom. The fraction of sp³-hybridized carbons (Fsp3) is 0. The lowest BCUT2D eigenvalue weighted by Crippen LogP contribution is -2.33. The van der Waals surface area contributed by atoms with Gasteiger partial charge in [-0.05, 0) is 12.1 Å². The van der Waals surface area contributed by atoms with Crippen molar-refractivity contribution in [3.05, 3.63) is 37.1 Å². The molecule has 0 atom stereocenters. The molecular formula is C9H8N6O2. The van der Waals surface area contributed by atoms with Gasteiger partial charge in [0.15, 0.2) is 0 Å². The van der Waals surface area contributed by atoms with Gasteiger partial charge in [-0.15, -0.1) is 10.2 Å². The van der Waals surface area contributed by atoms with Crippen molar-refractivity contribution < 1.29 is 9.59 Å². The van der Waals surface area contributed by atoms with Gasteiger partial charge in [0.05, 0.1) is 0 Å². The molecule has 0 aliphatic heterocycles. The molecule has 0 aliphatic carbocycles. The van der Waals surface area contributed by atoms with Gasteiger partial charge >= 0.3 is 11.8 Å². The van der Waals surface area contributed by atoms with Crippen LogP contribution in [-0.4, -0.2) is 31.7 Å². The van der Waals surface area contributed by atoms with Gasteiger partial charge in [-0.1, -0.05) is 6.07 Å². The van der Waals surface area contributed by atoms with Crippen LogP contribution in [0.3, 0.4) is 0 Å². The number of nitrogens with one attached hydrogen (secondary N) is 2. The summed E-state index contributed by atoms with van der Waals surface area (Å²) >= 11 is 0. The SMILES string of the molecule is O=C(Nc1ccccn1)C(=O)Nn1cnnc1. The number of carbonyl (C=O) groups is 2. The van der Waals surface area contributed by atoms with E-state index in [1.807, 2.05) is 0 Å². The zero-order valence-electron chi connectivity index (χ0n) is 8.57. The number of carbonyl (C=O) groups excluding carboxylic acids is 2. The van der Waals surface area contributed by atoms with E-state index in [-0.39, 0.29) is 0 Å². The second-order valence-electron chi connectivity index (χ2n) is 2.98. The smallest absolute Gasteiger partial charge is 0.302 e.